The monoisotopic (exact) mass is 130 g/mol. The number of carbonyl (C=O) groups excluding carboxylic acids is 1. The largest absolute Gasteiger partial charge is 0.449 e. The molecule has 4 heteroatoms. The Morgan fingerprint density at radius 3 is 3.11 bits per heavy atom. The molecule has 1 atom stereocenters. The van der Waals surface area contributed by atoms with Gasteiger partial charge in [0, 0.05) is 19.0 Å². The molecule has 1 saturated heterocycles. The fraction of sp³-hybridized carbons (Fsp3) is 0.800. The van der Waals surface area contributed by atoms with E-state index in [2.05, 4.69) is 10.1 Å². The molecule has 1 aliphatic heterocycles. The molecule has 1 unspecified atom stereocenters. The molecule has 0 aromatic carbocycles. The number of hydrogen-bond donors (Lipinski definition) is 2. The predicted molar refractivity (Wildman–Crippen MR) is 31.9 cm³/mol. The fourth-order valence-electron chi connectivity index (χ4n) is 0.683. The van der Waals surface area contributed by atoms with Crippen molar-refractivity contribution in [1.29, 1.82) is 0 Å². The Kier molecular flexibility index (Phi) is 1.89. The molecule has 0 saturated carbocycles. The SMILES string of the molecule is NCC1CNC(=O)OC1. The summed E-state index contributed by atoms with van der Waals surface area (Å²) in [6.45, 7) is 1.68. The zero-order valence-corrected chi connectivity index (χ0v) is 5.09. The van der Waals surface area contributed by atoms with Gasteiger partial charge in [-0.3, -0.25) is 0 Å². The lowest BCUT2D eigenvalue weighted by atomic mass is 10.1. The van der Waals surface area contributed by atoms with Gasteiger partial charge in [-0.15, -0.1) is 0 Å². The van der Waals surface area contributed by atoms with E-state index in [0.717, 1.165) is 0 Å². The third-order valence-corrected chi connectivity index (χ3v) is 1.32. The zero-order chi connectivity index (χ0) is 6.69. The average molecular weight is 130 g/mol. The fourth-order valence-corrected chi connectivity index (χ4v) is 0.683. The third-order valence-electron chi connectivity index (χ3n) is 1.32. The Morgan fingerprint density at radius 2 is 2.67 bits per heavy atom. The van der Waals surface area contributed by atoms with Crippen LogP contribution in [0.2, 0.25) is 0 Å². The maximum atomic E-state index is 10.4. The zero-order valence-electron chi connectivity index (χ0n) is 5.09. The summed E-state index contributed by atoms with van der Waals surface area (Å²) in [6.07, 6.45) is -0.334. The van der Waals surface area contributed by atoms with Crippen LogP contribution in [0.5, 0.6) is 0 Å². The van der Waals surface area contributed by atoms with E-state index in [0.29, 0.717) is 25.6 Å². The first-order valence-corrected chi connectivity index (χ1v) is 2.93. The van der Waals surface area contributed by atoms with E-state index in [1.807, 2.05) is 0 Å². The van der Waals surface area contributed by atoms with Crippen molar-refractivity contribution in [1.82, 2.24) is 5.32 Å². The molecule has 52 valence electrons. The summed E-state index contributed by atoms with van der Waals surface area (Å²) < 4.78 is 4.65. The Balaban J connectivity index is 2.26. The molecule has 0 radical (unpaired) electrons. The van der Waals surface area contributed by atoms with Gasteiger partial charge in [-0.1, -0.05) is 0 Å². The number of nitrogens with two attached hydrogens (primary N) is 1. The lowest BCUT2D eigenvalue weighted by Gasteiger charge is -2.20. The third kappa shape index (κ3) is 1.57. The summed E-state index contributed by atoms with van der Waals surface area (Å²) in [5.41, 5.74) is 5.32. The van der Waals surface area contributed by atoms with Crippen molar-refractivity contribution in [3.05, 3.63) is 0 Å². The standard InChI is InChI=1S/C5H10N2O2/c6-1-4-2-7-5(8)9-3-4/h4H,1-3,6H2,(H,7,8). The highest BCUT2D eigenvalue weighted by Gasteiger charge is 2.16. The summed E-state index contributed by atoms with van der Waals surface area (Å²) in [5, 5.41) is 2.54. The summed E-state index contributed by atoms with van der Waals surface area (Å²) in [5.74, 6) is 0.294. The second kappa shape index (κ2) is 2.68. The number of amides is 1. The first-order valence-electron chi connectivity index (χ1n) is 2.93. The normalized spacial score (nSPS) is 26.8. The van der Waals surface area contributed by atoms with E-state index in [4.69, 9.17) is 5.73 Å². The van der Waals surface area contributed by atoms with Gasteiger partial charge in [0.2, 0.25) is 0 Å². The van der Waals surface area contributed by atoms with Gasteiger partial charge in [0.15, 0.2) is 0 Å². The van der Waals surface area contributed by atoms with E-state index in [1.165, 1.54) is 0 Å². The van der Waals surface area contributed by atoms with Crippen LogP contribution in [-0.2, 0) is 4.74 Å². The lowest BCUT2D eigenvalue weighted by Crippen LogP contribution is -2.41. The number of ether oxygens (including phenoxy) is 1. The Hall–Kier alpha value is -0.770. The number of carbonyl (C=O) groups is 1. The topological polar surface area (TPSA) is 64.3 Å². The van der Waals surface area contributed by atoms with Crippen molar-refractivity contribution >= 4 is 6.09 Å². The van der Waals surface area contributed by atoms with Gasteiger partial charge in [-0.25, -0.2) is 4.79 Å². The molecule has 0 aliphatic carbocycles. The smallest absolute Gasteiger partial charge is 0.407 e. The van der Waals surface area contributed by atoms with Crippen LogP contribution in [0.15, 0.2) is 0 Å². The maximum absolute atomic E-state index is 10.4. The van der Waals surface area contributed by atoms with E-state index >= 15 is 0 Å². The highest BCUT2D eigenvalue weighted by Crippen LogP contribution is 1.98. The highest BCUT2D eigenvalue weighted by atomic mass is 16.6. The molecule has 4 nitrogen and oxygen atoms in total. The molecule has 3 N–H and O–H groups in total. The van der Waals surface area contributed by atoms with E-state index in [9.17, 15) is 4.79 Å². The van der Waals surface area contributed by atoms with Crippen molar-refractivity contribution < 1.29 is 9.53 Å². The van der Waals surface area contributed by atoms with Crippen LogP contribution in [0.4, 0.5) is 4.79 Å². The molecule has 0 aromatic heterocycles. The van der Waals surface area contributed by atoms with E-state index in [-0.39, 0.29) is 6.09 Å². The molecule has 0 aromatic rings. The molecule has 0 bridgehead atoms. The van der Waals surface area contributed by atoms with Crippen molar-refractivity contribution in [3.8, 4) is 0 Å². The quantitative estimate of drug-likeness (QED) is 0.493. The Morgan fingerprint density at radius 1 is 1.89 bits per heavy atom. The molecule has 1 fully saturated rings. The molecule has 1 heterocycles. The first kappa shape index (κ1) is 6.35. The summed E-state index contributed by atoms with van der Waals surface area (Å²) in [6, 6.07) is 0. The van der Waals surface area contributed by atoms with Crippen molar-refractivity contribution in [2.24, 2.45) is 11.7 Å². The van der Waals surface area contributed by atoms with Crippen LogP contribution in [0, 0.1) is 5.92 Å². The summed E-state index contributed by atoms with van der Waals surface area (Å²) in [7, 11) is 0. The minimum Gasteiger partial charge on any atom is -0.449 e. The highest BCUT2D eigenvalue weighted by molar-refractivity contribution is 5.67. The lowest BCUT2D eigenvalue weighted by molar-refractivity contribution is 0.105. The van der Waals surface area contributed by atoms with Crippen LogP contribution < -0.4 is 11.1 Å². The van der Waals surface area contributed by atoms with Crippen molar-refractivity contribution in [2.45, 2.75) is 0 Å². The second-order valence-electron chi connectivity index (χ2n) is 2.08. The van der Waals surface area contributed by atoms with Gasteiger partial charge >= 0.3 is 6.09 Å². The molecule has 9 heavy (non-hydrogen) atoms. The van der Waals surface area contributed by atoms with Gasteiger partial charge < -0.3 is 15.8 Å². The second-order valence-corrected chi connectivity index (χ2v) is 2.08. The maximum Gasteiger partial charge on any atom is 0.407 e. The Labute approximate surface area is 53.4 Å². The van der Waals surface area contributed by atoms with Crippen LogP contribution in [-0.4, -0.2) is 25.8 Å². The number of alkyl carbamates (subject to hydrolysis) is 1. The number of nitrogens with one attached hydrogen (secondary N) is 1. The van der Waals surface area contributed by atoms with Gasteiger partial charge in [0.25, 0.3) is 0 Å². The summed E-state index contributed by atoms with van der Waals surface area (Å²) >= 11 is 0. The number of hydrogen-bond acceptors (Lipinski definition) is 3. The molecule has 1 aliphatic rings. The minimum atomic E-state index is -0.334. The van der Waals surface area contributed by atoms with E-state index < -0.39 is 0 Å². The van der Waals surface area contributed by atoms with Crippen LogP contribution in [0.1, 0.15) is 0 Å². The molecule has 1 rings (SSSR count). The van der Waals surface area contributed by atoms with Crippen LogP contribution in [0.3, 0.4) is 0 Å². The van der Waals surface area contributed by atoms with Gasteiger partial charge in [-0.2, -0.15) is 0 Å². The van der Waals surface area contributed by atoms with Gasteiger partial charge in [0.05, 0.1) is 6.61 Å². The van der Waals surface area contributed by atoms with Crippen molar-refractivity contribution in [2.75, 3.05) is 19.7 Å². The number of cyclic esters (lactones) is 1. The van der Waals surface area contributed by atoms with E-state index in [1.54, 1.807) is 0 Å². The Bertz CT molecular complexity index is 106. The van der Waals surface area contributed by atoms with Crippen LogP contribution >= 0.6 is 0 Å². The molecule has 1 amide bonds. The average Bonchev–Trinajstić information content (AvgIpc) is 1.90. The molecule has 0 spiro atoms. The van der Waals surface area contributed by atoms with Gasteiger partial charge in [0.1, 0.15) is 0 Å². The number of rotatable bonds is 1. The first-order chi connectivity index (χ1) is 4.33. The van der Waals surface area contributed by atoms with Crippen molar-refractivity contribution in [3.63, 3.8) is 0 Å². The molecular formula is C5H10N2O2. The minimum absolute atomic E-state index is 0.294. The van der Waals surface area contributed by atoms with Gasteiger partial charge in [-0.05, 0) is 0 Å². The van der Waals surface area contributed by atoms with Crippen LogP contribution in [0.25, 0.3) is 0 Å². The molecular weight excluding hydrogens is 120 g/mol. The summed E-state index contributed by atoms with van der Waals surface area (Å²) in [4.78, 5) is 10.4. The predicted octanol–water partition coefficient (Wildman–Crippen LogP) is -0.699.